The standard InChI is InChI=1S/C13H16BrN5O/c1-8-4-10(14)5-11(16-8)15-6-12-17-13(19-18-12)9-2-3-20-7-9/h4-5,9H,2-3,6-7H2,1H3,(H,15,16)(H,17,18,19). The lowest BCUT2D eigenvalue weighted by Crippen LogP contribution is -2.04. The largest absolute Gasteiger partial charge is 0.381 e. The summed E-state index contributed by atoms with van der Waals surface area (Å²) in [5.41, 5.74) is 0.961. The average molecular weight is 338 g/mol. The number of aryl methyl sites for hydroxylation is 1. The summed E-state index contributed by atoms with van der Waals surface area (Å²) in [5, 5.41) is 10.5. The zero-order valence-electron chi connectivity index (χ0n) is 11.2. The maximum Gasteiger partial charge on any atom is 0.156 e. The minimum absolute atomic E-state index is 0.325. The summed E-state index contributed by atoms with van der Waals surface area (Å²) < 4.78 is 6.36. The van der Waals surface area contributed by atoms with Crippen molar-refractivity contribution in [1.29, 1.82) is 0 Å². The van der Waals surface area contributed by atoms with Crippen molar-refractivity contribution in [3.63, 3.8) is 0 Å². The first-order chi connectivity index (χ1) is 9.70. The Morgan fingerprint density at radius 2 is 2.35 bits per heavy atom. The third-order valence-corrected chi connectivity index (χ3v) is 3.66. The molecule has 0 amide bonds. The molecule has 1 aliphatic rings. The van der Waals surface area contributed by atoms with Gasteiger partial charge in [0.1, 0.15) is 11.6 Å². The molecular formula is C13H16BrN5O. The highest BCUT2D eigenvalue weighted by Gasteiger charge is 2.21. The minimum atomic E-state index is 0.325. The Morgan fingerprint density at radius 3 is 3.10 bits per heavy atom. The van der Waals surface area contributed by atoms with Crippen LogP contribution in [0.15, 0.2) is 16.6 Å². The second-order valence-electron chi connectivity index (χ2n) is 4.87. The van der Waals surface area contributed by atoms with Gasteiger partial charge in [-0.3, -0.25) is 5.10 Å². The van der Waals surface area contributed by atoms with Gasteiger partial charge in [0.05, 0.1) is 13.2 Å². The van der Waals surface area contributed by atoms with E-state index in [1.807, 2.05) is 19.1 Å². The lowest BCUT2D eigenvalue weighted by Gasteiger charge is -2.05. The molecule has 1 saturated heterocycles. The molecule has 0 bridgehead atoms. The predicted molar refractivity (Wildman–Crippen MR) is 78.6 cm³/mol. The highest BCUT2D eigenvalue weighted by atomic mass is 79.9. The van der Waals surface area contributed by atoms with Crippen molar-refractivity contribution in [3.05, 3.63) is 33.9 Å². The Hall–Kier alpha value is -1.47. The maximum absolute atomic E-state index is 5.35. The SMILES string of the molecule is Cc1cc(Br)cc(NCc2nc(C3CCOC3)n[nH]2)n1. The molecule has 3 rings (SSSR count). The van der Waals surface area contributed by atoms with Gasteiger partial charge in [-0.2, -0.15) is 5.10 Å². The molecule has 20 heavy (non-hydrogen) atoms. The molecule has 0 aliphatic carbocycles. The molecule has 2 aromatic heterocycles. The van der Waals surface area contributed by atoms with Crippen LogP contribution >= 0.6 is 15.9 Å². The van der Waals surface area contributed by atoms with E-state index in [4.69, 9.17) is 4.74 Å². The number of halogens is 1. The Balaban J connectivity index is 1.63. The fourth-order valence-electron chi connectivity index (χ4n) is 2.20. The van der Waals surface area contributed by atoms with E-state index in [0.29, 0.717) is 12.5 Å². The van der Waals surface area contributed by atoms with E-state index in [1.165, 1.54) is 0 Å². The zero-order valence-corrected chi connectivity index (χ0v) is 12.8. The van der Waals surface area contributed by atoms with Crippen molar-refractivity contribution >= 4 is 21.7 Å². The number of rotatable bonds is 4. The summed E-state index contributed by atoms with van der Waals surface area (Å²) in [6.45, 7) is 4.05. The van der Waals surface area contributed by atoms with Gasteiger partial charge in [-0.1, -0.05) is 15.9 Å². The molecule has 106 valence electrons. The number of ether oxygens (including phenoxy) is 1. The van der Waals surface area contributed by atoms with Crippen LogP contribution in [0.2, 0.25) is 0 Å². The third kappa shape index (κ3) is 3.16. The Morgan fingerprint density at radius 1 is 1.45 bits per heavy atom. The van der Waals surface area contributed by atoms with Gasteiger partial charge >= 0.3 is 0 Å². The van der Waals surface area contributed by atoms with Crippen LogP contribution in [0.25, 0.3) is 0 Å². The fourth-order valence-corrected chi connectivity index (χ4v) is 2.75. The van der Waals surface area contributed by atoms with Crippen LogP contribution in [0.5, 0.6) is 0 Å². The van der Waals surface area contributed by atoms with Crippen molar-refractivity contribution in [3.8, 4) is 0 Å². The van der Waals surface area contributed by atoms with E-state index in [-0.39, 0.29) is 0 Å². The molecule has 3 heterocycles. The number of pyridine rings is 1. The molecule has 1 fully saturated rings. The van der Waals surface area contributed by atoms with Crippen LogP contribution in [0, 0.1) is 6.92 Å². The lowest BCUT2D eigenvalue weighted by molar-refractivity contribution is 0.193. The Bertz CT molecular complexity index is 574. The predicted octanol–water partition coefficient (Wildman–Crippen LogP) is 2.39. The lowest BCUT2D eigenvalue weighted by atomic mass is 10.1. The van der Waals surface area contributed by atoms with Crippen LogP contribution in [-0.2, 0) is 11.3 Å². The highest BCUT2D eigenvalue weighted by molar-refractivity contribution is 9.10. The highest BCUT2D eigenvalue weighted by Crippen LogP contribution is 2.22. The number of H-pyrrole nitrogens is 1. The molecule has 0 saturated carbocycles. The first-order valence-corrected chi connectivity index (χ1v) is 7.37. The van der Waals surface area contributed by atoms with Crippen molar-refractivity contribution in [1.82, 2.24) is 20.2 Å². The average Bonchev–Trinajstić information content (AvgIpc) is 3.06. The summed E-state index contributed by atoms with van der Waals surface area (Å²) in [4.78, 5) is 8.91. The van der Waals surface area contributed by atoms with Crippen LogP contribution in [0.4, 0.5) is 5.82 Å². The van der Waals surface area contributed by atoms with E-state index in [0.717, 1.165) is 47.3 Å². The van der Waals surface area contributed by atoms with Crippen LogP contribution in [0.1, 0.15) is 29.7 Å². The second-order valence-corrected chi connectivity index (χ2v) is 5.78. The zero-order chi connectivity index (χ0) is 13.9. The van der Waals surface area contributed by atoms with E-state index in [9.17, 15) is 0 Å². The first-order valence-electron chi connectivity index (χ1n) is 6.57. The molecule has 1 aliphatic heterocycles. The summed E-state index contributed by atoms with van der Waals surface area (Å²) in [5.74, 6) is 2.80. The normalized spacial score (nSPS) is 18.4. The van der Waals surface area contributed by atoms with Crippen molar-refractivity contribution in [2.75, 3.05) is 18.5 Å². The van der Waals surface area contributed by atoms with Gasteiger partial charge in [0, 0.05) is 22.7 Å². The van der Waals surface area contributed by atoms with Crippen molar-refractivity contribution < 1.29 is 4.74 Å². The molecule has 1 unspecified atom stereocenters. The van der Waals surface area contributed by atoms with Gasteiger partial charge in [-0.05, 0) is 25.5 Å². The number of aromatic amines is 1. The molecule has 7 heteroatoms. The van der Waals surface area contributed by atoms with E-state index in [2.05, 4.69) is 41.4 Å². The third-order valence-electron chi connectivity index (χ3n) is 3.20. The maximum atomic E-state index is 5.35. The summed E-state index contributed by atoms with van der Waals surface area (Å²) >= 11 is 3.46. The Labute approximate surface area is 125 Å². The minimum Gasteiger partial charge on any atom is -0.381 e. The molecular weight excluding hydrogens is 322 g/mol. The molecule has 2 N–H and O–H groups in total. The number of hydrogen-bond acceptors (Lipinski definition) is 5. The van der Waals surface area contributed by atoms with Gasteiger partial charge < -0.3 is 10.1 Å². The molecule has 6 nitrogen and oxygen atoms in total. The van der Waals surface area contributed by atoms with Crippen LogP contribution in [-0.4, -0.2) is 33.4 Å². The molecule has 2 aromatic rings. The van der Waals surface area contributed by atoms with E-state index in [1.54, 1.807) is 0 Å². The van der Waals surface area contributed by atoms with Gasteiger partial charge in [-0.15, -0.1) is 0 Å². The number of nitrogens with one attached hydrogen (secondary N) is 2. The molecule has 0 aromatic carbocycles. The van der Waals surface area contributed by atoms with Gasteiger partial charge in [0.2, 0.25) is 0 Å². The number of hydrogen-bond donors (Lipinski definition) is 2. The van der Waals surface area contributed by atoms with Crippen molar-refractivity contribution in [2.45, 2.75) is 25.8 Å². The monoisotopic (exact) mass is 337 g/mol. The van der Waals surface area contributed by atoms with Gasteiger partial charge in [-0.25, -0.2) is 9.97 Å². The molecule has 0 spiro atoms. The summed E-state index contributed by atoms with van der Waals surface area (Å²) in [6, 6.07) is 3.91. The number of nitrogens with zero attached hydrogens (tertiary/aromatic N) is 3. The van der Waals surface area contributed by atoms with Crippen molar-refractivity contribution in [2.24, 2.45) is 0 Å². The topological polar surface area (TPSA) is 75.7 Å². The second kappa shape index (κ2) is 5.88. The summed E-state index contributed by atoms with van der Waals surface area (Å²) in [7, 11) is 0. The molecule has 0 radical (unpaired) electrons. The van der Waals surface area contributed by atoms with Crippen LogP contribution in [0.3, 0.4) is 0 Å². The van der Waals surface area contributed by atoms with Gasteiger partial charge in [0.25, 0.3) is 0 Å². The van der Waals surface area contributed by atoms with E-state index < -0.39 is 0 Å². The molecule has 1 atom stereocenters. The van der Waals surface area contributed by atoms with E-state index >= 15 is 0 Å². The van der Waals surface area contributed by atoms with Gasteiger partial charge in [0.15, 0.2) is 5.82 Å². The summed E-state index contributed by atoms with van der Waals surface area (Å²) in [6.07, 6.45) is 0.997. The number of aromatic nitrogens is 4. The first kappa shape index (κ1) is 13.5. The Kier molecular flexibility index (Phi) is 3.98. The quantitative estimate of drug-likeness (QED) is 0.895. The fraction of sp³-hybridized carbons (Fsp3) is 0.462. The smallest absolute Gasteiger partial charge is 0.156 e. The van der Waals surface area contributed by atoms with Crippen LogP contribution < -0.4 is 5.32 Å². The number of anilines is 1.